The van der Waals surface area contributed by atoms with Crippen molar-refractivity contribution >= 4 is 11.7 Å². The average Bonchev–Trinajstić information content (AvgIpc) is 2.54. The minimum atomic E-state index is -0.226. The summed E-state index contributed by atoms with van der Waals surface area (Å²) in [5, 5.41) is 13.9. The van der Waals surface area contributed by atoms with Gasteiger partial charge in [-0.15, -0.1) is 10.2 Å². The van der Waals surface area contributed by atoms with E-state index in [2.05, 4.69) is 25.7 Å². The molecule has 0 saturated carbocycles. The summed E-state index contributed by atoms with van der Waals surface area (Å²) in [6.07, 6.45) is 0. The fourth-order valence-corrected chi connectivity index (χ4v) is 1.82. The molecule has 1 amide bonds. The predicted octanol–water partition coefficient (Wildman–Crippen LogP) is 1.38. The third kappa shape index (κ3) is 5.14. The number of nitrogens with one attached hydrogen (secondary N) is 2. The Labute approximate surface area is 130 Å². The highest BCUT2D eigenvalue weighted by atomic mass is 16.1. The second-order valence-electron chi connectivity index (χ2n) is 5.20. The van der Waals surface area contributed by atoms with Gasteiger partial charge in [0.15, 0.2) is 5.69 Å². The van der Waals surface area contributed by atoms with Gasteiger partial charge in [-0.05, 0) is 31.8 Å². The first-order valence-electron chi connectivity index (χ1n) is 7.19. The van der Waals surface area contributed by atoms with E-state index in [4.69, 9.17) is 0 Å². The molecule has 0 spiro atoms. The van der Waals surface area contributed by atoms with E-state index in [0.29, 0.717) is 18.1 Å². The normalized spacial score (nSPS) is 10.5. The Morgan fingerprint density at radius 2 is 1.86 bits per heavy atom. The zero-order valence-electron chi connectivity index (χ0n) is 12.9. The van der Waals surface area contributed by atoms with E-state index in [-0.39, 0.29) is 5.91 Å². The van der Waals surface area contributed by atoms with Gasteiger partial charge < -0.3 is 15.5 Å². The van der Waals surface area contributed by atoms with Crippen LogP contribution in [0.3, 0.4) is 0 Å². The third-order valence-corrected chi connectivity index (χ3v) is 3.06. The molecule has 0 fully saturated rings. The molecule has 0 radical (unpaired) electrons. The average molecular weight is 299 g/mol. The molecule has 1 aromatic heterocycles. The molecule has 6 nitrogen and oxygen atoms in total. The van der Waals surface area contributed by atoms with Crippen molar-refractivity contribution in [3.05, 3.63) is 53.7 Å². The molecule has 2 N–H and O–H groups in total. The van der Waals surface area contributed by atoms with E-state index in [9.17, 15) is 4.79 Å². The molecule has 0 unspecified atom stereocenters. The Kier molecular flexibility index (Phi) is 5.85. The van der Waals surface area contributed by atoms with Crippen LogP contribution in [0.2, 0.25) is 0 Å². The lowest BCUT2D eigenvalue weighted by Crippen LogP contribution is -2.24. The summed E-state index contributed by atoms with van der Waals surface area (Å²) in [6.45, 7) is 2.16. The predicted molar refractivity (Wildman–Crippen MR) is 86.7 cm³/mol. The molecule has 0 atom stereocenters. The number of hydrogen-bond acceptors (Lipinski definition) is 5. The Balaban J connectivity index is 1.83. The highest BCUT2D eigenvalue weighted by Crippen LogP contribution is 2.03. The first-order valence-corrected chi connectivity index (χ1v) is 7.19. The quantitative estimate of drug-likeness (QED) is 0.808. The van der Waals surface area contributed by atoms with Gasteiger partial charge in [-0.1, -0.05) is 30.3 Å². The third-order valence-electron chi connectivity index (χ3n) is 3.06. The summed E-state index contributed by atoms with van der Waals surface area (Å²) in [4.78, 5) is 14.1. The van der Waals surface area contributed by atoms with Gasteiger partial charge in [-0.25, -0.2) is 0 Å². The Hall–Kier alpha value is -2.47. The van der Waals surface area contributed by atoms with Crippen molar-refractivity contribution in [2.24, 2.45) is 0 Å². The number of nitrogens with zero attached hydrogens (tertiary/aromatic N) is 3. The molecule has 116 valence electrons. The van der Waals surface area contributed by atoms with Crippen LogP contribution in [0.4, 0.5) is 5.82 Å². The minimum absolute atomic E-state index is 0.226. The maximum Gasteiger partial charge on any atom is 0.272 e. The SMILES string of the molecule is CN(C)CCNc1ccc(C(=O)NCc2ccccc2)nn1. The van der Waals surface area contributed by atoms with Crippen molar-refractivity contribution in [1.29, 1.82) is 0 Å². The van der Waals surface area contributed by atoms with Gasteiger partial charge in [0.1, 0.15) is 5.82 Å². The number of carbonyl (C=O) groups excluding carboxylic acids is 1. The van der Waals surface area contributed by atoms with Crippen LogP contribution in [0.15, 0.2) is 42.5 Å². The monoisotopic (exact) mass is 299 g/mol. The number of amides is 1. The molecule has 2 rings (SSSR count). The zero-order chi connectivity index (χ0) is 15.8. The number of rotatable bonds is 7. The van der Waals surface area contributed by atoms with Crippen LogP contribution in [0, 0.1) is 0 Å². The lowest BCUT2D eigenvalue weighted by molar-refractivity contribution is 0.0945. The minimum Gasteiger partial charge on any atom is -0.367 e. The first kappa shape index (κ1) is 15.9. The molecule has 22 heavy (non-hydrogen) atoms. The summed E-state index contributed by atoms with van der Waals surface area (Å²) in [5.74, 6) is 0.442. The lowest BCUT2D eigenvalue weighted by atomic mass is 10.2. The van der Waals surface area contributed by atoms with Crippen LogP contribution >= 0.6 is 0 Å². The fourth-order valence-electron chi connectivity index (χ4n) is 1.82. The van der Waals surface area contributed by atoms with E-state index in [1.807, 2.05) is 44.4 Å². The highest BCUT2D eigenvalue weighted by molar-refractivity contribution is 5.92. The van der Waals surface area contributed by atoms with Gasteiger partial charge in [0, 0.05) is 19.6 Å². The molecule has 1 aromatic carbocycles. The molecule has 6 heteroatoms. The van der Waals surface area contributed by atoms with Crippen LogP contribution in [-0.4, -0.2) is 48.2 Å². The molecule has 0 aliphatic carbocycles. The number of likely N-dealkylation sites (N-methyl/N-ethyl adjacent to an activating group) is 1. The number of hydrogen-bond donors (Lipinski definition) is 2. The summed E-state index contributed by atoms with van der Waals surface area (Å²) >= 11 is 0. The molecule has 2 aromatic rings. The molecule has 0 aliphatic heterocycles. The molecule has 1 heterocycles. The second-order valence-corrected chi connectivity index (χ2v) is 5.20. The summed E-state index contributed by atoms with van der Waals surface area (Å²) in [7, 11) is 4.01. The van der Waals surface area contributed by atoms with Crippen molar-refractivity contribution in [3.63, 3.8) is 0 Å². The van der Waals surface area contributed by atoms with Gasteiger partial charge in [-0.2, -0.15) is 0 Å². The Morgan fingerprint density at radius 3 is 2.50 bits per heavy atom. The van der Waals surface area contributed by atoms with E-state index in [0.717, 1.165) is 18.7 Å². The summed E-state index contributed by atoms with van der Waals surface area (Å²) in [6, 6.07) is 13.2. The smallest absolute Gasteiger partial charge is 0.272 e. The summed E-state index contributed by atoms with van der Waals surface area (Å²) in [5.41, 5.74) is 1.36. The largest absolute Gasteiger partial charge is 0.367 e. The lowest BCUT2D eigenvalue weighted by Gasteiger charge is -2.10. The van der Waals surface area contributed by atoms with E-state index in [1.165, 1.54) is 0 Å². The molecular weight excluding hydrogens is 278 g/mol. The van der Waals surface area contributed by atoms with Crippen molar-refractivity contribution in [3.8, 4) is 0 Å². The first-order chi connectivity index (χ1) is 10.6. The molecule has 0 aliphatic rings. The van der Waals surface area contributed by atoms with Crippen molar-refractivity contribution < 1.29 is 4.79 Å². The summed E-state index contributed by atoms with van der Waals surface area (Å²) < 4.78 is 0. The number of carbonyl (C=O) groups is 1. The Morgan fingerprint density at radius 1 is 1.09 bits per heavy atom. The van der Waals surface area contributed by atoms with Crippen LogP contribution in [0.25, 0.3) is 0 Å². The van der Waals surface area contributed by atoms with Gasteiger partial charge >= 0.3 is 0 Å². The van der Waals surface area contributed by atoms with Gasteiger partial charge in [0.2, 0.25) is 0 Å². The fraction of sp³-hybridized carbons (Fsp3) is 0.312. The van der Waals surface area contributed by atoms with Crippen LogP contribution < -0.4 is 10.6 Å². The maximum atomic E-state index is 12.0. The molecule has 0 saturated heterocycles. The number of benzene rings is 1. The van der Waals surface area contributed by atoms with Crippen molar-refractivity contribution in [2.75, 3.05) is 32.5 Å². The highest BCUT2D eigenvalue weighted by Gasteiger charge is 2.07. The number of anilines is 1. The Bertz CT molecular complexity index is 583. The standard InChI is InChI=1S/C16H21N5O/c1-21(2)11-10-17-15-9-8-14(19-20-15)16(22)18-12-13-6-4-3-5-7-13/h3-9H,10-12H2,1-2H3,(H,17,20)(H,18,22). The van der Waals surface area contributed by atoms with E-state index in [1.54, 1.807) is 12.1 Å². The topological polar surface area (TPSA) is 70.2 Å². The second kappa shape index (κ2) is 8.09. The van der Waals surface area contributed by atoms with Crippen LogP contribution in [0.1, 0.15) is 16.1 Å². The number of aromatic nitrogens is 2. The van der Waals surface area contributed by atoms with Crippen molar-refractivity contribution in [2.45, 2.75) is 6.54 Å². The maximum absolute atomic E-state index is 12.0. The zero-order valence-corrected chi connectivity index (χ0v) is 12.9. The van der Waals surface area contributed by atoms with Gasteiger partial charge in [-0.3, -0.25) is 4.79 Å². The van der Waals surface area contributed by atoms with Crippen LogP contribution in [-0.2, 0) is 6.54 Å². The molecule has 0 bridgehead atoms. The van der Waals surface area contributed by atoms with E-state index < -0.39 is 0 Å². The van der Waals surface area contributed by atoms with Crippen molar-refractivity contribution in [1.82, 2.24) is 20.4 Å². The van der Waals surface area contributed by atoms with Crippen LogP contribution in [0.5, 0.6) is 0 Å². The van der Waals surface area contributed by atoms with Gasteiger partial charge in [0.05, 0.1) is 0 Å². The van der Waals surface area contributed by atoms with Gasteiger partial charge in [0.25, 0.3) is 5.91 Å². The van der Waals surface area contributed by atoms with E-state index >= 15 is 0 Å². The molecular formula is C16H21N5O.